The van der Waals surface area contributed by atoms with Crippen molar-refractivity contribution in [2.75, 3.05) is 0 Å². The van der Waals surface area contributed by atoms with Crippen LogP contribution in [0, 0.1) is 0 Å². The van der Waals surface area contributed by atoms with Crippen LogP contribution in [0.25, 0.3) is 0 Å². The molecule has 0 aliphatic heterocycles. The summed E-state index contributed by atoms with van der Waals surface area (Å²) in [5, 5.41) is 1.09. The quantitative estimate of drug-likeness (QED) is 0.602. The lowest BCUT2D eigenvalue weighted by Gasteiger charge is -1.99. The average Bonchev–Trinajstić information content (AvgIpc) is 1.84. The second kappa shape index (κ2) is 3.26. The molecule has 0 aliphatic rings. The molecule has 0 atom stereocenters. The van der Waals surface area contributed by atoms with Gasteiger partial charge >= 0.3 is 0 Å². The lowest BCUT2D eigenvalue weighted by Crippen LogP contribution is -1.72. The lowest BCUT2D eigenvalue weighted by molar-refractivity contribution is 1.35. The number of hydrogen-bond acceptors (Lipinski definition) is 2. The fourth-order valence-corrected chi connectivity index (χ4v) is 1.40. The van der Waals surface area contributed by atoms with Gasteiger partial charge in [0.05, 0.1) is 10.0 Å². The van der Waals surface area contributed by atoms with Gasteiger partial charge in [0.1, 0.15) is 0 Å². The summed E-state index contributed by atoms with van der Waals surface area (Å²) >= 11 is 19.5. The zero-order valence-electron chi connectivity index (χ0n) is 4.81. The first-order valence-electron chi connectivity index (χ1n) is 2.48. The molecule has 0 saturated carbocycles. The van der Waals surface area contributed by atoms with E-state index < -0.39 is 0 Å². The van der Waals surface area contributed by atoms with E-state index in [1.807, 2.05) is 0 Å². The molecule has 0 radical (unpaired) electrons. The van der Waals surface area contributed by atoms with Crippen molar-refractivity contribution < 1.29 is 0 Å². The first-order chi connectivity index (χ1) is 4.61. The van der Waals surface area contributed by atoms with Gasteiger partial charge in [0, 0.05) is 9.79 Å². The summed E-state index contributed by atoms with van der Waals surface area (Å²) in [6, 6.07) is 3.32. The summed E-state index contributed by atoms with van der Waals surface area (Å²) < 4.78 is 0. The van der Waals surface area contributed by atoms with Crippen LogP contribution in [0.5, 0.6) is 0 Å². The van der Waals surface area contributed by atoms with Gasteiger partial charge in [-0.2, -0.15) is 0 Å². The third-order valence-electron chi connectivity index (χ3n) is 1.02. The highest BCUT2D eigenvalue weighted by atomic mass is 35.5. The van der Waals surface area contributed by atoms with E-state index in [9.17, 15) is 0 Å². The SMILES string of the molecule is Sc1cc(S)c(Cl)cc1Cl. The molecule has 10 heavy (non-hydrogen) atoms. The Morgan fingerprint density at radius 1 is 0.900 bits per heavy atom. The topological polar surface area (TPSA) is 0 Å². The van der Waals surface area contributed by atoms with Gasteiger partial charge in [-0.3, -0.25) is 0 Å². The van der Waals surface area contributed by atoms with Gasteiger partial charge in [-0.15, -0.1) is 25.3 Å². The second-order valence-corrected chi connectivity index (χ2v) is 3.53. The minimum absolute atomic E-state index is 0.547. The van der Waals surface area contributed by atoms with Crippen LogP contribution in [0.4, 0.5) is 0 Å². The Hall–Kier alpha value is 0.500. The van der Waals surface area contributed by atoms with E-state index in [2.05, 4.69) is 25.3 Å². The number of halogens is 2. The summed E-state index contributed by atoms with van der Waals surface area (Å²) in [6.45, 7) is 0. The molecule has 1 aromatic carbocycles. The first-order valence-corrected chi connectivity index (χ1v) is 4.13. The minimum atomic E-state index is 0.547. The van der Waals surface area contributed by atoms with Crippen LogP contribution < -0.4 is 0 Å². The van der Waals surface area contributed by atoms with Crippen LogP contribution in [-0.2, 0) is 0 Å². The maximum atomic E-state index is 5.69. The van der Waals surface area contributed by atoms with E-state index in [0.29, 0.717) is 19.8 Å². The fraction of sp³-hybridized carbons (Fsp3) is 0. The maximum Gasteiger partial charge on any atom is 0.0554 e. The van der Waals surface area contributed by atoms with E-state index >= 15 is 0 Å². The van der Waals surface area contributed by atoms with Gasteiger partial charge in [-0.25, -0.2) is 0 Å². The summed E-state index contributed by atoms with van der Waals surface area (Å²) in [6.07, 6.45) is 0. The third kappa shape index (κ3) is 1.76. The largest absolute Gasteiger partial charge is 0.142 e. The van der Waals surface area contributed by atoms with E-state index in [1.165, 1.54) is 0 Å². The Bertz CT molecular complexity index is 210. The van der Waals surface area contributed by atoms with E-state index in [0.717, 1.165) is 0 Å². The fourth-order valence-electron chi connectivity index (χ4n) is 0.527. The van der Waals surface area contributed by atoms with Gasteiger partial charge in [0.2, 0.25) is 0 Å². The maximum absolute atomic E-state index is 5.69. The van der Waals surface area contributed by atoms with Crippen molar-refractivity contribution in [1.29, 1.82) is 0 Å². The molecular formula is C6H4Cl2S2. The van der Waals surface area contributed by atoms with Crippen LogP contribution in [-0.4, -0.2) is 0 Å². The molecule has 4 heteroatoms. The first kappa shape index (κ1) is 8.60. The van der Waals surface area contributed by atoms with E-state index in [4.69, 9.17) is 23.2 Å². The molecule has 1 aromatic rings. The monoisotopic (exact) mass is 210 g/mol. The van der Waals surface area contributed by atoms with Crippen molar-refractivity contribution in [1.82, 2.24) is 0 Å². The standard InChI is InChI=1S/C6H4Cl2S2/c7-3-1-4(8)6(10)2-5(3)9/h1-2,9-10H. The highest BCUT2D eigenvalue weighted by Crippen LogP contribution is 2.29. The van der Waals surface area contributed by atoms with Gasteiger partial charge < -0.3 is 0 Å². The second-order valence-electron chi connectivity index (χ2n) is 1.76. The van der Waals surface area contributed by atoms with Gasteiger partial charge in [-0.05, 0) is 12.1 Å². The molecule has 54 valence electrons. The minimum Gasteiger partial charge on any atom is -0.142 e. The molecule has 0 aromatic heterocycles. The van der Waals surface area contributed by atoms with Crippen molar-refractivity contribution in [3.8, 4) is 0 Å². The Labute approximate surface area is 80.3 Å². The van der Waals surface area contributed by atoms with Gasteiger partial charge in [0.25, 0.3) is 0 Å². The van der Waals surface area contributed by atoms with Crippen molar-refractivity contribution in [2.45, 2.75) is 9.79 Å². The Balaban J connectivity index is 3.28. The van der Waals surface area contributed by atoms with Crippen LogP contribution in [0.3, 0.4) is 0 Å². The Kier molecular flexibility index (Phi) is 2.81. The molecule has 0 heterocycles. The zero-order valence-corrected chi connectivity index (χ0v) is 8.11. The molecule has 0 unspecified atom stereocenters. The summed E-state index contributed by atoms with van der Waals surface area (Å²) in [5.74, 6) is 0. The van der Waals surface area contributed by atoms with Crippen molar-refractivity contribution in [2.24, 2.45) is 0 Å². The van der Waals surface area contributed by atoms with Crippen molar-refractivity contribution in [3.63, 3.8) is 0 Å². The number of thiol groups is 2. The lowest BCUT2D eigenvalue weighted by atomic mass is 10.4. The van der Waals surface area contributed by atoms with Gasteiger partial charge in [0.15, 0.2) is 0 Å². The molecule has 0 aliphatic carbocycles. The molecular weight excluding hydrogens is 207 g/mol. The molecule has 0 saturated heterocycles. The number of benzene rings is 1. The van der Waals surface area contributed by atoms with E-state index in [-0.39, 0.29) is 0 Å². The number of rotatable bonds is 0. The molecule has 0 bridgehead atoms. The molecule has 0 nitrogen and oxygen atoms in total. The predicted molar refractivity (Wildman–Crippen MR) is 51.0 cm³/mol. The molecule has 0 fully saturated rings. The zero-order chi connectivity index (χ0) is 7.72. The highest BCUT2D eigenvalue weighted by molar-refractivity contribution is 7.81. The Morgan fingerprint density at radius 3 is 1.60 bits per heavy atom. The third-order valence-corrected chi connectivity index (χ3v) is 2.65. The van der Waals surface area contributed by atoms with Crippen molar-refractivity contribution in [3.05, 3.63) is 22.2 Å². The predicted octanol–water partition coefficient (Wildman–Crippen LogP) is 3.57. The summed E-state index contributed by atoms with van der Waals surface area (Å²) in [4.78, 5) is 1.38. The Morgan fingerprint density at radius 2 is 1.30 bits per heavy atom. The van der Waals surface area contributed by atoms with Crippen LogP contribution in [0.2, 0.25) is 10.0 Å². The normalized spacial score (nSPS) is 10.0. The highest BCUT2D eigenvalue weighted by Gasteiger charge is 2.00. The van der Waals surface area contributed by atoms with Crippen LogP contribution in [0.1, 0.15) is 0 Å². The molecule has 0 N–H and O–H groups in total. The summed E-state index contributed by atoms with van der Waals surface area (Å²) in [5.41, 5.74) is 0. The van der Waals surface area contributed by atoms with Gasteiger partial charge in [-0.1, -0.05) is 23.2 Å². The summed E-state index contributed by atoms with van der Waals surface area (Å²) in [7, 11) is 0. The average molecular weight is 211 g/mol. The van der Waals surface area contributed by atoms with Crippen LogP contribution >= 0.6 is 48.5 Å². The van der Waals surface area contributed by atoms with Crippen molar-refractivity contribution >= 4 is 48.5 Å². The van der Waals surface area contributed by atoms with Crippen LogP contribution in [0.15, 0.2) is 21.9 Å². The molecule has 0 amide bonds. The molecule has 1 rings (SSSR count). The van der Waals surface area contributed by atoms with E-state index in [1.54, 1.807) is 12.1 Å². The number of hydrogen-bond donors (Lipinski definition) is 2. The smallest absolute Gasteiger partial charge is 0.0554 e. The molecule has 0 spiro atoms.